The first-order chi connectivity index (χ1) is 6.84. The van der Waals surface area contributed by atoms with E-state index in [1.165, 1.54) is 5.57 Å². The van der Waals surface area contributed by atoms with Crippen LogP contribution in [0.5, 0.6) is 0 Å². The number of amides is 1. The summed E-state index contributed by atoms with van der Waals surface area (Å²) in [5, 5.41) is 2.97. The van der Waals surface area contributed by atoms with Gasteiger partial charge in [0.1, 0.15) is 5.76 Å². The van der Waals surface area contributed by atoms with E-state index in [1.54, 1.807) is 6.08 Å². The summed E-state index contributed by atoms with van der Waals surface area (Å²) in [6, 6.07) is 0.205. The van der Waals surface area contributed by atoms with Gasteiger partial charge >= 0.3 is 0 Å². The number of carbonyl (C=O) groups is 1. The van der Waals surface area contributed by atoms with Gasteiger partial charge in [-0.25, -0.2) is 0 Å². The summed E-state index contributed by atoms with van der Waals surface area (Å²) < 4.78 is 5.64. The number of rotatable bonds is 0. The van der Waals surface area contributed by atoms with Crippen molar-refractivity contribution in [2.75, 3.05) is 6.61 Å². The molecule has 3 rings (SSSR count). The lowest BCUT2D eigenvalue weighted by Crippen LogP contribution is -2.40. The highest BCUT2D eigenvalue weighted by molar-refractivity contribution is 5.90. The predicted octanol–water partition coefficient (Wildman–Crippen LogP) is 1.13. The van der Waals surface area contributed by atoms with Crippen LogP contribution in [0, 0.1) is 5.92 Å². The van der Waals surface area contributed by atoms with Crippen molar-refractivity contribution in [1.29, 1.82) is 0 Å². The predicted molar refractivity (Wildman–Crippen MR) is 51.4 cm³/mol. The quantitative estimate of drug-likeness (QED) is 0.623. The molecule has 0 saturated carbocycles. The van der Waals surface area contributed by atoms with Crippen LogP contribution in [-0.4, -0.2) is 18.6 Å². The molecule has 3 heteroatoms. The van der Waals surface area contributed by atoms with E-state index < -0.39 is 0 Å². The Kier molecular flexibility index (Phi) is 1.66. The average molecular weight is 191 g/mol. The second-order valence-corrected chi connectivity index (χ2v) is 4.13. The van der Waals surface area contributed by atoms with Crippen LogP contribution in [0.1, 0.15) is 19.3 Å². The van der Waals surface area contributed by atoms with Crippen LogP contribution in [0.4, 0.5) is 0 Å². The lowest BCUT2D eigenvalue weighted by molar-refractivity contribution is -0.117. The lowest BCUT2D eigenvalue weighted by Gasteiger charge is -2.30. The first kappa shape index (κ1) is 8.09. The maximum Gasteiger partial charge on any atom is 0.244 e. The number of ether oxygens (including phenoxy) is 1. The normalized spacial score (nSPS) is 34.7. The fraction of sp³-hybridized carbons (Fsp3) is 0.545. The van der Waals surface area contributed by atoms with Crippen molar-refractivity contribution in [3.05, 3.63) is 23.5 Å². The smallest absolute Gasteiger partial charge is 0.244 e. The Morgan fingerprint density at radius 2 is 2.21 bits per heavy atom. The van der Waals surface area contributed by atoms with Crippen molar-refractivity contribution in [2.45, 2.75) is 25.3 Å². The Morgan fingerprint density at radius 3 is 3.14 bits per heavy atom. The van der Waals surface area contributed by atoms with Crippen molar-refractivity contribution in [3.8, 4) is 0 Å². The van der Waals surface area contributed by atoms with Crippen LogP contribution in [0.3, 0.4) is 0 Å². The summed E-state index contributed by atoms with van der Waals surface area (Å²) in [6.45, 7) is 0.845. The third-order valence-electron chi connectivity index (χ3n) is 3.29. The first-order valence-corrected chi connectivity index (χ1v) is 5.20. The molecular formula is C11H13NO2. The second kappa shape index (κ2) is 2.87. The Morgan fingerprint density at radius 1 is 1.29 bits per heavy atom. The molecule has 0 bridgehead atoms. The molecule has 14 heavy (non-hydrogen) atoms. The first-order valence-electron chi connectivity index (χ1n) is 5.20. The molecule has 1 N–H and O–H groups in total. The SMILES string of the molecule is O=C1C=CC2=C3OCCC3CCC2N1. The van der Waals surface area contributed by atoms with E-state index in [4.69, 9.17) is 4.74 Å². The van der Waals surface area contributed by atoms with Crippen molar-refractivity contribution in [2.24, 2.45) is 5.92 Å². The van der Waals surface area contributed by atoms with E-state index in [9.17, 15) is 4.79 Å². The lowest BCUT2D eigenvalue weighted by atomic mass is 9.83. The van der Waals surface area contributed by atoms with Crippen LogP contribution in [0.2, 0.25) is 0 Å². The molecule has 2 atom stereocenters. The van der Waals surface area contributed by atoms with Crippen molar-refractivity contribution in [1.82, 2.24) is 5.32 Å². The highest BCUT2D eigenvalue weighted by atomic mass is 16.5. The Labute approximate surface area is 82.8 Å². The fourth-order valence-corrected chi connectivity index (χ4v) is 2.58. The van der Waals surface area contributed by atoms with Crippen molar-refractivity contribution < 1.29 is 9.53 Å². The molecule has 0 spiro atoms. The molecule has 0 aromatic heterocycles. The van der Waals surface area contributed by atoms with Gasteiger partial charge in [-0.05, 0) is 25.3 Å². The summed E-state index contributed by atoms with van der Waals surface area (Å²) >= 11 is 0. The van der Waals surface area contributed by atoms with Crippen molar-refractivity contribution >= 4 is 5.91 Å². The summed E-state index contributed by atoms with van der Waals surface area (Å²) in [5.74, 6) is 1.77. The summed E-state index contributed by atoms with van der Waals surface area (Å²) in [6.07, 6.45) is 6.88. The maximum absolute atomic E-state index is 11.1. The van der Waals surface area contributed by atoms with Crippen molar-refractivity contribution in [3.63, 3.8) is 0 Å². The fourth-order valence-electron chi connectivity index (χ4n) is 2.58. The number of allylic oxidation sites excluding steroid dienone is 1. The third kappa shape index (κ3) is 1.08. The summed E-state index contributed by atoms with van der Waals surface area (Å²) in [4.78, 5) is 11.1. The van der Waals surface area contributed by atoms with E-state index in [-0.39, 0.29) is 11.9 Å². The zero-order valence-corrected chi connectivity index (χ0v) is 7.95. The van der Waals surface area contributed by atoms with E-state index in [0.29, 0.717) is 5.92 Å². The Hall–Kier alpha value is -1.25. The minimum absolute atomic E-state index is 0.0239. The Balaban J connectivity index is 2.03. The number of carbonyl (C=O) groups excluding carboxylic acids is 1. The van der Waals surface area contributed by atoms with E-state index in [0.717, 1.165) is 31.6 Å². The topological polar surface area (TPSA) is 38.3 Å². The second-order valence-electron chi connectivity index (χ2n) is 4.13. The van der Waals surface area contributed by atoms with Gasteiger partial charge in [-0.15, -0.1) is 0 Å². The van der Waals surface area contributed by atoms with Crippen LogP contribution in [-0.2, 0) is 9.53 Å². The number of nitrogens with one attached hydrogen (secondary N) is 1. The van der Waals surface area contributed by atoms with Gasteiger partial charge in [0, 0.05) is 17.6 Å². The van der Waals surface area contributed by atoms with E-state index in [2.05, 4.69) is 5.32 Å². The molecule has 3 nitrogen and oxygen atoms in total. The van der Waals surface area contributed by atoms with Gasteiger partial charge in [0.2, 0.25) is 5.91 Å². The van der Waals surface area contributed by atoms with Crippen LogP contribution >= 0.6 is 0 Å². The van der Waals surface area contributed by atoms with Gasteiger partial charge in [0.25, 0.3) is 0 Å². The molecule has 1 saturated heterocycles. The average Bonchev–Trinajstić information content (AvgIpc) is 2.65. The largest absolute Gasteiger partial charge is 0.497 e. The molecule has 2 aliphatic heterocycles. The van der Waals surface area contributed by atoms with E-state index >= 15 is 0 Å². The molecule has 1 aliphatic carbocycles. The molecule has 0 radical (unpaired) electrons. The molecule has 74 valence electrons. The highest BCUT2D eigenvalue weighted by Crippen LogP contribution is 2.38. The monoisotopic (exact) mass is 191 g/mol. The van der Waals surface area contributed by atoms with Gasteiger partial charge in [-0.2, -0.15) is 0 Å². The van der Waals surface area contributed by atoms with Crippen LogP contribution in [0.15, 0.2) is 23.5 Å². The number of hydrogen-bond donors (Lipinski definition) is 1. The molecule has 0 aromatic carbocycles. The van der Waals surface area contributed by atoms with Gasteiger partial charge < -0.3 is 10.1 Å². The zero-order chi connectivity index (χ0) is 9.54. The zero-order valence-electron chi connectivity index (χ0n) is 7.95. The van der Waals surface area contributed by atoms with Gasteiger partial charge in [0.15, 0.2) is 0 Å². The molecule has 2 unspecified atom stereocenters. The molecule has 0 aromatic rings. The third-order valence-corrected chi connectivity index (χ3v) is 3.29. The van der Waals surface area contributed by atoms with Gasteiger partial charge in [0.05, 0.1) is 12.6 Å². The summed E-state index contributed by atoms with van der Waals surface area (Å²) in [7, 11) is 0. The number of hydrogen-bond acceptors (Lipinski definition) is 2. The minimum Gasteiger partial charge on any atom is -0.497 e. The van der Waals surface area contributed by atoms with Crippen LogP contribution < -0.4 is 5.32 Å². The Bertz CT molecular complexity index is 343. The standard InChI is InChI=1S/C11H13NO2/c13-10-4-2-8-9(12-10)3-1-7-5-6-14-11(7)8/h2,4,7,9H,1,3,5-6H2,(H,12,13). The van der Waals surface area contributed by atoms with Crippen LogP contribution in [0.25, 0.3) is 0 Å². The number of fused-ring (bicyclic) bond motifs is 2. The molecule has 2 heterocycles. The highest BCUT2D eigenvalue weighted by Gasteiger charge is 2.35. The molecular weight excluding hydrogens is 178 g/mol. The summed E-state index contributed by atoms with van der Waals surface area (Å²) in [5.41, 5.74) is 1.21. The van der Waals surface area contributed by atoms with Gasteiger partial charge in [-0.1, -0.05) is 0 Å². The molecule has 3 aliphatic rings. The maximum atomic E-state index is 11.1. The van der Waals surface area contributed by atoms with Gasteiger partial charge in [-0.3, -0.25) is 4.79 Å². The molecule has 1 fully saturated rings. The van der Waals surface area contributed by atoms with E-state index in [1.807, 2.05) is 6.08 Å². The minimum atomic E-state index is 0.0239. The molecule has 1 amide bonds.